The number of nitrogens with zero attached hydrogens (tertiary/aromatic N) is 2. The Labute approximate surface area is 179 Å². The number of urea groups is 1. The third-order valence-electron chi connectivity index (χ3n) is 4.03. The minimum atomic E-state index is -0.341. The fourth-order valence-electron chi connectivity index (χ4n) is 2.68. The van der Waals surface area contributed by atoms with Crippen LogP contribution < -0.4 is 20.4 Å². The Bertz CT molecular complexity index is 1180. The van der Waals surface area contributed by atoms with Gasteiger partial charge in [0.25, 0.3) is 0 Å². The third-order valence-corrected chi connectivity index (χ3v) is 5.62. The van der Waals surface area contributed by atoms with Gasteiger partial charge in [-0.1, -0.05) is 18.2 Å². The molecule has 9 heteroatoms. The summed E-state index contributed by atoms with van der Waals surface area (Å²) in [5, 5.41) is 10.9. The van der Waals surface area contributed by atoms with Gasteiger partial charge in [0.2, 0.25) is 0 Å². The first-order valence-electron chi connectivity index (χ1n) is 8.56. The quantitative estimate of drug-likeness (QED) is 0.405. The van der Waals surface area contributed by atoms with Gasteiger partial charge in [0.1, 0.15) is 0 Å². The Kier molecular flexibility index (Phi) is 5.55. The topological polar surface area (TPSA) is 96.0 Å². The molecule has 0 bridgehead atoms. The van der Waals surface area contributed by atoms with Gasteiger partial charge < -0.3 is 0 Å². The predicted octanol–water partition coefficient (Wildman–Crippen LogP) is 3.38. The standard InChI is InChI=1S/C20H14AsN5O2S/c21-17-16-15(10-29-19(16)23-11-22-17)18(27)24-13-6-8-14(9-7-13)26-20(28)25-12-4-2-1-3-5-12/h1-11H,(H,24,27)(H2,25,26,28). The molecule has 0 fully saturated rings. The molecule has 2 aromatic heterocycles. The molecule has 0 saturated carbocycles. The first kappa shape index (κ1) is 19.1. The second-order valence-electron chi connectivity index (χ2n) is 6.00. The Balaban J connectivity index is 1.41. The van der Waals surface area contributed by atoms with Gasteiger partial charge in [-0.05, 0) is 12.1 Å². The number of anilines is 3. The number of benzene rings is 2. The van der Waals surface area contributed by atoms with Crippen molar-refractivity contribution in [3.63, 3.8) is 0 Å². The van der Waals surface area contributed by atoms with Crippen LogP contribution >= 0.6 is 11.3 Å². The van der Waals surface area contributed by atoms with E-state index in [1.807, 2.05) is 18.2 Å². The number of thiophene rings is 1. The molecular formula is C20H14AsN5O2S. The zero-order valence-corrected chi connectivity index (χ0v) is 17.6. The number of rotatable bonds is 4. The van der Waals surface area contributed by atoms with Crippen molar-refractivity contribution in [2.45, 2.75) is 0 Å². The molecule has 2 radical (unpaired) electrons. The monoisotopic (exact) mass is 463 g/mol. The molecule has 4 rings (SSSR count). The Morgan fingerprint density at radius 2 is 1.45 bits per heavy atom. The van der Waals surface area contributed by atoms with Crippen molar-refractivity contribution in [2.24, 2.45) is 0 Å². The van der Waals surface area contributed by atoms with E-state index in [0.29, 0.717) is 27.1 Å². The molecule has 4 aromatic rings. The number of para-hydroxylation sites is 1. The molecule has 2 heterocycles. The molecule has 29 heavy (non-hydrogen) atoms. The Hall–Kier alpha value is -3.22. The Morgan fingerprint density at radius 1 is 0.828 bits per heavy atom. The van der Waals surface area contributed by atoms with Gasteiger partial charge in [0, 0.05) is 5.69 Å². The van der Waals surface area contributed by atoms with E-state index in [0.717, 1.165) is 10.2 Å². The first-order chi connectivity index (χ1) is 14.1. The van der Waals surface area contributed by atoms with E-state index >= 15 is 0 Å². The van der Waals surface area contributed by atoms with E-state index in [1.165, 1.54) is 17.7 Å². The fraction of sp³-hybridized carbons (Fsp3) is 0. The van der Waals surface area contributed by atoms with E-state index in [-0.39, 0.29) is 11.9 Å². The van der Waals surface area contributed by atoms with Crippen molar-refractivity contribution >= 4 is 71.9 Å². The SMILES string of the molecule is O=C(Nc1ccccc1)Nc1ccc(NC(=O)c2csc3ncnc([As])c23)cc1. The summed E-state index contributed by atoms with van der Waals surface area (Å²) in [5.74, 6) is -0.235. The molecule has 0 saturated heterocycles. The van der Waals surface area contributed by atoms with Crippen molar-refractivity contribution in [3.8, 4) is 0 Å². The van der Waals surface area contributed by atoms with Crippen LogP contribution in [0.1, 0.15) is 10.4 Å². The van der Waals surface area contributed by atoms with Crippen LogP contribution in [0.2, 0.25) is 0 Å². The van der Waals surface area contributed by atoms with Crippen LogP contribution in [0.15, 0.2) is 66.3 Å². The maximum absolute atomic E-state index is 12.7. The summed E-state index contributed by atoms with van der Waals surface area (Å²) in [6.45, 7) is 0. The average molecular weight is 463 g/mol. The van der Waals surface area contributed by atoms with Gasteiger partial charge in [0.15, 0.2) is 0 Å². The van der Waals surface area contributed by atoms with Crippen LogP contribution in [-0.2, 0) is 0 Å². The number of amides is 3. The van der Waals surface area contributed by atoms with Crippen LogP contribution in [-0.4, -0.2) is 38.8 Å². The third kappa shape index (κ3) is 4.45. The molecule has 3 N–H and O–H groups in total. The molecule has 0 aliphatic carbocycles. The van der Waals surface area contributed by atoms with Crippen LogP contribution in [0.5, 0.6) is 0 Å². The number of hydrogen-bond donors (Lipinski definition) is 3. The number of fused-ring (bicyclic) bond motifs is 1. The van der Waals surface area contributed by atoms with E-state index < -0.39 is 0 Å². The minimum absolute atomic E-state index is 0.235. The summed E-state index contributed by atoms with van der Waals surface area (Å²) in [6.07, 6.45) is 1.48. The fourth-order valence-corrected chi connectivity index (χ4v) is 4.31. The van der Waals surface area contributed by atoms with E-state index in [1.54, 1.807) is 41.8 Å². The van der Waals surface area contributed by atoms with Gasteiger partial charge in [-0.15, -0.1) is 0 Å². The molecule has 7 nitrogen and oxygen atoms in total. The molecule has 0 spiro atoms. The van der Waals surface area contributed by atoms with Gasteiger partial charge in [-0.25, -0.2) is 0 Å². The summed E-state index contributed by atoms with van der Waals surface area (Å²) in [5.41, 5.74) is 2.46. The first-order valence-corrected chi connectivity index (χ1v) is 10.4. The second kappa shape index (κ2) is 8.43. The maximum atomic E-state index is 12.7. The van der Waals surface area contributed by atoms with E-state index in [9.17, 15) is 9.59 Å². The second-order valence-corrected chi connectivity index (χ2v) is 7.75. The summed E-state index contributed by atoms with van der Waals surface area (Å²) in [4.78, 5) is 33.8. The van der Waals surface area contributed by atoms with Crippen LogP contribution in [0.4, 0.5) is 21.9 Å². The van der Waals surface area contributed by atoms with Crippen LogP contribution in [0.25, 0.3) is 10.2 Å². The zero-order chi connectivity index (χ0) is 20.2. The van der Waals surface area contributed by atoms with E-state index in [4.69, 9.17) is 0 Å². The van der Waals surface area contributed by atoms with Crippen molar-refractivity contribution in [2.75, 3.05) is 16.0 Å². The van der Waals surface area contributed by atoms with Gasteiger partial charge in [-0.2, -0.15) is 0 Å². The molecule has 0 aliphatic rings. The van der Waals surface area contributed by atoms with Crippen molar-refractivity contribution in [3.05, 3.63) is 71.9 Å². The predicted molar refractivity (Wildman–Crippen MR) is 116 cm³/mol. The Morgan fingerprint density at radius 3 is 2.14 bits per heavy atom. The van der Waals surface area contributed by atoms with Crippen molar-refractivity contribution < 1.29 is 9.59 Å². The summed E-state index contributed by atoms with van der Waals surface area (Å²) >= 11 is 3.76. The molecule has 0 aliphatic heterocycles. The summed E-state index contributed by atoms with van der Waals surface area (Å²) in [6, 6.07) is 15.7. The number of hydrogen-bond acceptors (Lipinski definition) is 5. The molecule has 0 atom stereocenters. The number of nitrogens with one attached hydrogen (secondary N) is 3. The summed E-state index contributed by atoms with van der Waals surface area (Å²) < 4.78 is 0.706. The summed E-state index contributed by atoms with van der Waals surface area (Å²) in [7, 11) is 0. The molecular weight excluding hydrogens is 449 g/mol. The van der Waals surface area contributed by atoms with E-state index in [2.05, 4.69) is 42.8 Å². The zero-order valence-electron chi connectivity index (χ0n) is 14.9. The number of aromatic nitrogens is 2. The van der Waals surface area contributed by atoms with Gasteiger partial charge >= 0.3 is 143 Å². The van der Waals surface area contributed by atoms with Crippen LogP contribution in [0.3, 0.4) is 0 Å². The number of carbonyl (C=O) groups is 2. The van der Waals surface area contributed by atoms with Crippen molar-refractivity contribution in [1.29, 1.82) is 0 Å². The average Bonchev–Trinajstić information content (AvgIpc) is 3.16. The van der Waals surface area contributed by atoms with Crippen molar-refractivity contribution in [1.82, 2.24) is 9.97 Å². The number of carbonyl (C=O) groups excluding carboxylic acids is 2. The van der Waals surface area contributed by atoms with Gasteiger partial charge in [0.05, 0.1) is 0 Å². The molecule has 2 aromatic carbocycles. The van der Waals surface area contributed by atoms with Crippen LogP contribution in [0, 0.1) is 0 Å². The normalized spacial score (nSPS) is 10.5. The molecule has 142 valence electrons. The molecule has 0 unspecified atom stereocenters. The van der Waals surface area contributed by atoms with Gasteiger partial charge in [-0.3, -0.25) is 0 Å². The molecule has 3 amide bonds.